The predicted molar refractivity (Wildman–Crippen MR) is 146 cm³/mol. The molecule has 0 aliphatic heterocycles. The molecule has 0 fully saturated rings. The van der Waals surface area contributed by atoms with Crippen LogP contribution >= 0.6 is 0 Å². The summed E-state index contributed by atoms with van der Waals surface area (Å²) in [5.41, 5.74) is 6.08. The van der Waals surface area contributed by atoms with Crippen LogP contribution in [0, 0.1) is 13.8 Å². The standard InChI is InChI=1S/C30H37N3O4/c1-20-8-9-24(12-21(20)2)17-31-29(37)14-22-6-5-7-23(13-22)16-30(3,4)33-18-28(36)25-10-11-27(35)26(15-25)32-19-34/h5-13,15,19,28,33,35-36H,14,16-18H2,1-4H3,(H,31,37)(H,32,34)/t28-/m1/s1. The van der Waals surface area contributed by atoms with E-state index in [2.05, 4.69) is 55.8 Å². The van der Waals surface area contributed by atoms with Gasteiger partial charge in [-0.15, -0.1) is 0 Å². The number of carbonyl (C=O) groups excluding carboxylic acids is 2. The van der Waals surface area contributed by atoms with Crippen molar-refractivity contribution in [3.8, 4) is 5.75 Å². The van der Waals surface area contributed by atoms with Crippen LogP contribution in [0.2, 0.25) is 0 Å². The molecule has 37 heavy (non-hydrogen) atoms. The molecule has 1 atom stereocenters. The van der Waals surface area contributed by atoms with Crippen molar-refractivity contribution in [3.63, 3.8) is 0 Å². The minimum atomic E-state index is -0.820. The quantitative estimate of drug-likeness (QED) is 0.189. The molecule has 3 rings (SSSR count). The summed E-state index contributed by atoms with van der Waals surface area (Å²) in [5.74, 6) is -0.0802. The second-order valence-corrected chi connectivity index (χ2v) is 10.2. The molecule has 0 aliphatic carbocycles. The molecule has 3 aromatic rings. The fraction of sp³-hybridized carbons (Fsp3) is 0.333. The van der Waals surface area contributed by atoms with Crippen LogP contribution in [0.1, 0.15) is 53.3 Å². The normalized spacial score (nSPS) is 12.1. The topological polar surface area (TPSA) is 111 Å². The third-order valence-electron chi connectivity index (χ3n) is 6.46. The van der Waals surface area contributed by atoms with Crippen LogP contribution in [-0.2, 0) is 29.0 Å². The Labute approximate surface area is 218 Å². The molecule has 3 aromatic carbocycles. The average molecular weight is 504 g/mol. The number of amides is 2. The van der Waals surface area contributed by atoms with Crippen molar-refractivity contribution in [2.24, 2.45) is 0 Å². The summed E-state index contributed by atoms with van der Waals surface area (Å²) in [6.45, 7) is 9.05. The van der Waals surface area contributed by atoms with E-state index in [1.54, 1.807) is 12.1 Å². The second-order valence-electron chi connectivity index (χ2n) is 10.2. The fourth-order valence-electron chi connectivity index (χ4n) is 4.22. The van der Waals surface area contributed by atoms with Gasteiger partial charge >= 0.3 is 0 Å². The van der Waals surface area contributed by atoms with Gasteiger partial charge in [0.25, 0.3) is 0 Å². The summed E-state index contributed by atoms with van der Waals surface area (Å²) in [7, 11) is 0. The number of benzene rings is 3. The maximum Gasteiger partial charge on any atom is 0.224 e. The maximum absolute atomic E-state index is 12.5. The number of aryl methyl sites for hydroxylation is 2. The van der Waals surface area contributed by atoms with Crippen molar-refractivity contribution < 1.29 is 19.8 Å². The Morgan fingerprint density at radius 1 is 0.973 bits per heavy atom. The molecule has 0 radical (unpaired) electrons. The van der Waals surface area contributed by atoms with E-state index in [4.69, 9.17) is 0 Å². The number of hydrogen-bond donors (Lipinski definition) is 5. The highest BCUT2D eigenvalue weighted by atomic mass is 16.3. The fourth-order valence-corrected chi connectivity index (χ4v) is 4.22. The van der Waals surface area contributed by atoms with Gasteiger partial charge in [-0.3, -0.25) is 9.59 Å². The van der Waals surface area contributed by atoms with Crippen LogP contribution < -0.4 is 16.0 Å². The van der Waals surface area contributed by atoms with E-state index in [9.17, 15) is 19.8 Å². The van der Waals surface area contributed by atoms with E-state index in [-0.39, 0.29) is 22.9 Å². The number of anilines is 1. The molecule has 0 saturated carbocycles. The van der Waals surface area contributed by atoms with Crippen molar-refractivity contribution >= 4 is 18.0 Å². The smallest absolute Gasteiger partial charge is 0.224 e. The first-order valence-electron chi connectivity index (χ1n) is 12.4. The van der Waals surface area contributed by atoms with Gasteiger partial charge in [0, 0.05) is 18.6 Å². The summed E-state index contributed by atoms with van der Waals surface area (Å²) in [6.07, 6.45) is 0.670. The van der Waals surface area contributed by atoms with E-state index < -0.39 is 6.10 Å². The van der Waals surface area contributed by atoms with Crippen molar-refractivity contribution in [1.29, 1.82) is 0 Å². The van der Waals surface area contributed by atoms with Crippen LogP contribution in [0.3, 0.4) is 0 Å². The van der Waals surface area contributed by atoms with Gasteiger partial charge in [0.2, 0.25) is 12.3 Å². The summed E-state index contributed by atoms with van der Waals surface area (Å²) >= 11 is 0. The van der Waals surface area contributed by atoms with E-state index >= 15 is 0 Å². The molecule has 0 bridgehead atoms. The highest BCUT2D eigenvalue weighted by Gasteiger charge is 2.21. The van der Waals surface area contributed by atoms with Gasteiger partial charge in [-0.25, -0.2) is 0 Å². The predicted octanol–water partition coefficient (Wildman–Crippen LogP) is 4.08. The number of phenolic OH excluding ortho intramolecular Hbond substituents is 1. The summed E-state index contributed by atoms with van der Waals surface area (Å²) in [5, 5.41) is 29.3. The molecule has 7 heteroatoms. The number of aliphatic hydroxyl groups excluding tert-OH is 1. The molecule has 2 amide bonds. The average Bonchev–Trinajstić information content (AvgIpc) is 2.85. The molecule has 0 spiro atoms. The highest BCUT2D eigenvalue weighted by molar-refractivity contribution is 5.78. The van der Waals surface area contributed by atoms with Crippen LogP contribution in [0.4, 0.5) is 5.69 Å². The molecular formula is C30H37N3O4. The summed E-state index contributed by atoms with van der Waals surface area (Å²) < 4.78 is 0. The van der Waals surface area contributed by atoms with Gasteiger partial charge in [-0.1, -0.05) is 48.5 Å². The first-order chi connectivity index (χ1) is 17.6. The number of phenols is 1. The molecule has 0 saturated heterocycles. The van der Waals surface area contributed by atoms with Crippen LogP contribution in [0.25, 0.3) is 0 Å². The zero-order valence-corrected chi connectivity index (χ0v) is 22.0. The minimum Gasteiger partial charge on any atom is -0.506 e. The summed E-state index contributed by atoms with van der Waals surface area (Å²) in [6, 6.07) is 18.8. The minimum absolute atomic E-state index is 0.0202. The number of β-amino-alcohol motifs (C(OH)–C–C–N with tert-alkyl or cyclic N) is 1. The number of rotatable bonds is 12. The largest absolute Gasteiger partial charge is 0.506 e. The first kappa shape index (κ1) is 27.9. The number of nitrogens with one attached hydrogen (secondary N) is 3. The zero-order chi connectivity index (χ0) is 27.0. The van der Waals surface area contributed by atoms with Gasteiger partial charge in [0.05, 0.1) is 18.2 Å². The Kier molecular flexibility index (Phi) is 9.44. The molecular weight excluding hydrogens is 466 g/mol. The zero-order valence-electron chi connectivity index (χ0n) is 22.0. The van der Waals surface area contributed by atoms with Crippen LogP contribution in [0.15, 0.2) is 60.7 Å². The molecule has 0 aliphatic rings. The Morgan fingerprint density at radius 2 is 1.73 bits per heavy atom. The Bertz CT molecular complexity index is 1240. The number of carbonyl (C=O) groups is 2. The molecule has 196 valence electrons. The number of aliphatic hydroxyl groups is 1. The lowest BCUT2D eigenvalue weighted by Crippen LogP contribution is -2.43. The Hall–Kier alpha value is -3.68. The lowest BCUT2D eigenvalue weighted by Gasteiger charge is -2.28. The van der Waals surface area contributed by atoms with Gasteiger partial charge in [-0.05, 0) is 79.6 Å². The summed E-state index contributed by atoms with van der Waals surface area (Å²) in [4.78, 5) is 23.3. The van der Waals surface area contributed by atoms with E-state index in [1.807, 2.05) is 30.3 Å². The van der Waals surface area contributed by atoms with Crippen molar-refractivity contribution in [2.75, 3.05) is 11.9 Å². The number of hydrogen-bond acceptors (Lipinski definition) is 5. The van der Waals surface area contributed by atoms with Crippen LogP contribution in [-0.4, -0.2) is 34.6 Å². The van der Waals surface area contributed by atoms with Gasteiger partial charge in [-0.2, -0.15) is 0 Å². The molecule has 0 aromatic heterocycles. The van der Waals surface area contributed by atoms with Crippen molar-refractivity contribution in [1.82, 2.24) is 10.6 Å². The lowest BCUT2D eigenvalue weighted by atomic mass is 9.93. The van der Waals surface area contributed by atoms with E-state index in [0.717, 1.165) is 16.7 Å². The van der Waals surface area contributed by atoms with E-state index in [0.29, 0.717) is 37.9 Å². The van der Waals surface area contributed by atoms with Crippen molar-refractivity contribution in [2.45, 2.75) is 58.7 Å². The third-order valence-corrected chi connectivity index (χ3v) is 6.46. The lowest BCUT2D eigenvalue weighted by molar-refractivity contribution is -0.120. The van der Waals surface area contributed by atoms with Crippen molar-refractivity contribution in [3.05, 3.63) is 94.0 Å². The monoisotopic (exact) mass is 503 g/mol. The molecule has 0 unspecified atom stereocenters. The van der Waals surface area contributed by atoms with Gasteiger partial charge in [0.1, 0.15) is 5.75 Å². The second kappa shape index (κ2) is 12.5. The SMILES string of the molecule is Cc1ccc(CNC(=O)Cc2cccc(CC(C)(C)NC[C@@H](O)c3ccc(O)c(NC=O)c3)c2)cc1C. The third kappa shape index (κ3) is 8.44. The highest BCUT2D eigenvalue weighted by Crippen LogP contribution is 2.27. The molecule has 0 heterocycles. The molecule has 7 nitrogen and oxygen atoms in total. The Morgan fingerprint density at radius 3 is 2.46 bits per heavy atom. The van der Waals surface area contributed by atoms with Crippen LogP contribution in [0.5, 0.6) is 5.75 Å². The number of aromatic hydroxyl groups is 1. The molecule has 5 N–H and O–H groups in total. The maximum atomic E-state index is 12.5. The Balaban J connectivity index is 1.53. The van der Waals surface area contributed by atoms with E-state index in [1.165, 1.54) is 17.2 Å². The first-order valence-corrected chi connectivity index (χ1v) is 12.4. The van der Waals surface area contributed by atoms with Gasteiger partial charge < -0.3 is 26.2 Å². The van der Waals surface area contributed by atoms with Gasteiger partial charge in [0.15, 0.2) is 0 Å².